The Hall–Kier alpha value is -2.25. The molecule has 0 radical (unpaired) electrons. The van der Waals surface area contributed by atoms with Crippen LogP contribution >= 0.6 is 11.3 Å². The largest absolute Gasteiger partial charge is 0.491 e. The summed E-state index contributed by atoms with van der Waals surface area (Å²) in [6, 6.07) is 5.58. The third kappa shape index (κ3) is 3.17. The highest BCUT2D eigenvalue weighted by Crippen LogP contribution is 2.34. The molecule has 1 atom stereocenters. The number of nitrogens with zero attached hydrogens (tertiary/aromatic N) is 2. The highest BCUT2D eigenvalue weighted by molar-refractivity contribution is 7.18. The maximum atomic E-state index is 12.9. The van der Waals surface area contributed by atoms with Gasteiger partial charge in [0.05, 0.1) is 18.3 Å². The van der Waals surface area contributed by atoms with Crippen LogP contribution in [0.25, 0.3) is 10.2 Å². The van der Waals surface area contributed by atoms with Gasteiger partial charge in [-0.3, -0.25) is 9.36 Å². The molecule has 0 spiro atoms. The van der Waals surface area contributed by atoms with Crippen LogP contribution in [0, 0.1) is 5.82 Å². The summed E-state index contributed by atoms with van der Waals surface area (Å²) >= 11 is 1.59. The molecule has 1 aliphatic rings. The van der Waals surface area contributed by atoms with Gasteiger partial charge >= 0.3 is 0 Å². The molecule has 25 heavy (non-hydrogen) atoms. The fourth-order valence-electron chi connectivity index (χ4n) is 3.15. The maximum Gasteiger partial charge on any atom is 0.262 e. The average molecular weight is 360 g/mol. The Morgan fingerprint density at radius 2 is 2.12 bits per heavy atom. The lowest BCUT2D eigenvalue weighted by molar-refractivity contribution is 0.0914. The number of fused-ring (bicyclic) bond motifs is 3. The molecule has 1 aromatic carbocycles. The summed E-state index contributed by atoms with van der Waals surface area (Å²) < 4.78 is 19.7. The Morgan fingerprint density at radius 3 is 2.92 bits per heavy atom. The van der Waals surface area contributed by atoms with Crippen molar-refractivity contribution < 1.29 is 14.2 Å². The van der Waals surface area contributed by atoms with Crippen LogP contribution in [0.3, 0.4) is 0 Å². The summed E-state index contributed by atoms with van der Waals surface area (Å²) in [6.45, 7) is 0.117. The smallest absolute Gasteiger partial charge is 0.262 e. The van der Waals surface area contributed by atoms with Crippen LogP contribution in [0.15, 0.2) is 35.4 Å². The van der Waals surface area contributed by atoms with Gasteiger partial charge in [-0.05, 0) is 49.1 Å². The number of hydrogen-bond acceptors (Lipinski definition) is 5. The van der Waals surface area contributed by atoms with Crippen molar-refractivity contribution >= 4 is 21.6 Å². The molecule has 5 nitrogen and oxygen atoms in total. The minimum atomic E-state index is -0.867. The molecule has 3 aromatic rings. The molecular weight excluding hydrogens is 343 g/mol. The van der Waals surface area contributed by atoms with Crippen molar-refractivity contribution in [1.29, 1.82) is 0 Å². The molecule has 4 rings (SSSR count). The maximum absolute atomic E-state index is 12.9. The Morgan fingerprint density at radius 1 is 1.32 bits per heavy atom. The molecular formula is C18H17FN2O3S. The SMILES string of the molecule is O=c1c2c3c(sc2ncn1C[C@H](O)COc1ccc(F)cc1)CCC3. The van der Waals surface area contributed by atoms with E-state index in [0.717, 1.165) is 29.7 Å². The summed E-state index contributed by atoms with van der Waals surface area (Å²) in [5.41, 5.74) is 1.02. The van der Waals surface area contributed by atoms with Crippen molar-refractivity contribution in [3.05, 3.63) is 57.2 Å². The minimum Gasteiger partial charge on any atom is -0.491 e. The van der Waals surface area contributed by atoms with Crippen molar-refractivity contribution in [2.75, 3.05) is 6.61 Å². The fourth-order valence-corrected chi connectivity index (χ4v) is 4.37. The third-order valence-electron chi connectivity index (χ3n) is 4.36. The number of benzene rings is 1. The van der Waals surface area contributed by atoms with Gasteiger partial charge in [-0.2, -0.15) is 0 Å². The summed E-state index contributed by atoms with van der Waals surface area (Å²) in [7, 11) is 0. The highest BCUT2D eigenvalue weighted by atomic mass is 32.1. The minimum absolute atomic E-state index is 0.0118. The molecule has 0 fully saturated rings. The lowest BCUT2D eigenvalue weighted by atomic mass is 10.2. The predicted molar refractivity (Wildman–Crippen MR) is 93.8 cm³/mol. The van der Waals surface area contributed by atoms with Gasteiger partial charge in [0.1, 0.15) is 29.1 Å². The second kappa shape index (κ2) is 6.57. The molecule has 0 aliphatic heterocycles. The number of aliphatic hydroxyl groups excluding tert-OH is 1. The van der Waals surface area contributed by atoms with E-state index in [4.69, 9.17) is 4.74 Å². The monoisotopic (exact) mass is 360 g/mol. The third-order valence-corrected chi connectivity index (χ3v) is 5.56. The topological polar surface area (TPSA) is 64.4 Å². The van der Waals surface area contributed by atoms with Crippen molar-refractivity contribution in [2.45, 2.75) is 31.9 Å². The summed E-state index contributed by atoms with van der Waals surface area (Å²) in [5, 5.41) is 10.9. The first-order valence-electron chi connectivity index (χ1n) is 8.18. The van der Waals surface area contributed by atoms with E-state index in [-0.39, 0.29) is 24.5 Å². The number of aryl methyl sites for hydroxylation is 2. The number of ether oxygens (including phenoxy) is 1. The van der Waals surface area contributed by atoms with Gasteiger partial charge in [0.2, 0.25) is 0 Å². The fraction of sp³-hybridized carbons (Fsp3) is 0.333. The van der Waals surface area contributed by atoms with Gasteiger partial charge in [-0.1, -0.05) is 0 Å². The quantitative estimate of drug-likeness (QED) is 0.759. The van der Waals surface area contributed by atoms with Gasteiger partial charge < -0.3 is 9.84 Å². The van der Waals surface area contributed by atoms with E-state index in [1.165, 1.54) is 40.0 Å². The molecule has 2 aromatic heterocycles. The number of thiophene rings is 1. The van der Waals surface area contributed by atoms with E-state index in [9.17, 15) is 14.3 Å². The van der Waals surface area contributed by atoms with Gasteiger partial charge in [0.25, 0.3) is 5.56 Å². The van der Waals surface area contributed by atoms with E-state index in [1.54, 1.807) is 11.3 Å². The molecule has 0 bridgehead atoms. The van der Waals surface area contributed by atoms with Crippen molar-refractivity contribution in [3.8, 4) is 5.75 Å². The van der Waals surface area contributed by atoms with Crippen molar-refractivity contribution in [2.24, 2.45) is 0 Å². The second-order valence-corrected chi connectivity index (χ2v) is 7.24. The van der Waals surface area contributed by atoms with E-state index >= 15 is 0 Å². The van der Waals surface area contributed by atoms with Crippen LogP contribution in [0.2, 0.25) is 0 Å². The molecule has 0 saturated carbocycles. The molecule has 1 N–H and O–H groups in total. The zero-order chi connectivity index (χ0) is 17.4. The van der Waals surface area contributed by atoms with Crippen molar-refractivity contribution in [1.82, 2.24) is 9.55 Å². The van der Waals surface area contributed by atoms with Crippen molar-refractivity contribution in [3.63, 3.8) is 0 Å². The normalized spacial score (nSPS) is 14.6. The van der Waals surface area contributed by atoms with Gasteiger partial charge in [0.15, 0.2) is 0 Å². The Kier molecular flexibility index (Phi) is 4.27. The van der Waals surface area contributed by atoms with Crippen LogP contribution in [0.4, 0.5) is 4.39 Å². The first-order chi connectivity index (χ1) is 12.1. The van der Waals surface area contributed by atoms with E-state index in [1.807, 2.05) is 0 Å². The highest BCUT2D eigenvalue weighted by Gasteiger charge is 2.21. The van der Waals surface area contributed by atoms with E-state index in [0.29, 0.717) is 11.1 Å². The number of halogens is 1. The van der Waals surface area contributed by atoms with Gasteiger partial charge in [-0.15, -0.1) is 11.3 Å². The summed E-state index contributed by atoms with van der Waals surface area (Å²) in [5.74, 6) is 0.124. The second-order valence-electron chi connectivity index (χ2n) is 6.16. The molecule has 1 aliphatic carbocycles. The van der Waals surface area contributed by atoms with Gasteiger partial charge in [-0.25, -0.2) is 9.37 Å². The van der Waals surface area contributed by atoms with Crippen LogP contribution in [0.5, 0.6) is 5.75 Å². The average Bonchev–Trinajstić information content (AvgIpc) is 3.18. The van der Waals surface area contributed by atoms with Crippen LogP contribution < -0.4 is 10.3 Å². The summed E-state index contributed by atoms with van der Waals surface area (Å²) in [6.07, 6.45) is 3.64. The molecule has 0 saturated heterocycles. The lowest BCUT2D eigenvalue weighted by Crippen LogP contribution is -2.30. The Balaban J connectivity index is 1.49. The Labute approximate surface area is 147 Å². The molecule has 0 unspecified atom stereocenters. The lowest BCUT2D eigenvalue weighted by Gasteiger charge is -2.14. The zero-order valence-electron chi connectivity index (χ0n) is 13.4. The molecule has 0 amide bonds. The van der Waals surface area contributed by atoms with Crippen LogP contribution in [-0.4, -0.2) is 27.4 Å². The predicted octanol–water partition coefficient (Wildman–Crippen LogP) is 2.53. The van der Waals surface area contributed by atoms with Crippen LogP contribution in [0.1, 0.15) is 16.9 Å². The van der Waals surface area contributed by atoms with E-state index in [2.05, 4.69) is 4.98 Å². The Bertz CT molecular complexity index is 965. The first-order valence-corrected chi connectivity index (χ1v) is 8.99. The van der Waals surface area contributed by atoms with Crippen LogP contribution in [-0.2, 0) is 19.4 Å². The van der Waals surface area contributed by atoms with Gasteiger partial charge in [0, 0.05) is 4.88 Å². The molecule has 2 heterocycles. The zero-order valence-corrected chi connectivity index (χ0v) is 14.3. The summed E-state index contributed by atoms with van der Waals surface area (Å²) in [4.78, 5) is 19.1. The number of rotatable bonds is 5. The number of aromatic nitrogens is 2. The number of aliphatic hydroxyl groups is 1. The first kappa shape index (κ1) is 16.2. The number of hydrogen-bond donors (Lipinski definition) is 1. The molecule has 7 heteroatoms. The van der Waals surface area contributed by atoms with E-state index < -0.39 is 6.10 Å². The standard InChI is InChI=1S/C18H17FN2O3S/c19-11-4-6-13(7-5-11)24-9-12(22)8-21-10-20-17-16(18(21)23)14-2-1-3-15(14)25-17/h4-7,10,12,22H,1-3,8-9H2/t12-/m0/s1. The molecule has 130 valence electrons.